The van der Waals surface area contributed by atoms with Gasteiger partial charge in [-0.05, 0) is 44.8 Å². The number of piperazine rings is 1. The van der Waals surface area contributed by atoms with Crippen LogP contribution in [0.3, 0.4) is 0 Å². The molecule has 24 heavy (non-hydrogen) atoms. The van der Waals surface area contributed by atoms with E-state index < -0.39 is 0 Å². The van der Waals surface area contributed by atoms with E-state index in [0.29, 0.717) is 18.9 Å². The van der Waals surface area contributed by atoms with E-state index >= 15 is 0 Å². The van der Waals surface area contributed by atoms with Gasteiger partial charge in [-0.3, -0.25) is 9.69 Å². The van der Waals surface area contributed by atoms with Crippen LogP contribution in [0, 0.1) is 5.82 Å². The van der Waals surface area contributed by atoms with Gasteiger partial charge >= 0.3 is 0 Å². The van der Waals surface area contributed by atoms with Gasteiger partial charge in [0.1, 0.15) is 18.2 Å². The molecule has 1 aromatic rings. The topological polar surface area (TPSA) is 36.0 Å². The van der Waals surface area contributed by atoms with E-state index in [1.54, 1.807) is 12.1 Å². The van der Waals surface area contributed by atoms with E-state index in [2.05, 4.69) is 11.8 Å². The third-order valence-electron chi connectivity index (χ3n) is 4.68. The molecule has 0 spiro atoms. The fraction of sp³-hybridized carbons (Fsp3) is 0.611. The predicted octanol–water partition coefficient (Wildman–Crippen LogP) is 1.69. The number of likely N-dealkylation sites (N-methyl/N-ethyl adjacent to an activating group) is 2. The molecule has 1 unspecified atom stereocenters. The second-order valence-corrected chi connectivity index (χ2v) is 6.22. The molecule has 134 valence electrons. The molecule has 1 fully saturated rings. The van der Waals surface area contributed by atoms with Crippen LogP contribution in [0.4, 0.5) is 4.39 Å². The van der Waals surface area contributed by atoms with Crippen LogP contribution in [-0.2, 0) is 4.79 Å². The van der Waals surface area contributed by atoms with Gasteiger partial charge in [-0.25, -0.2) is 4.39 Å². The molecule has 0 radical (unpaired) electrons. The number of carbonyl (C=O) groups is 1. The van der Waals surface area contributed by atoms with Crippen molar-refractivity contribution in [3.63, 3.8) is 0 Å². The van der Waals surface area contributed by atoms with Crippen LogP contribution >= 0.6 is 0 Å². The summed E-state index contributed by atoms with van der Waals surface area (Å²) < 4.78 is 18.4. The summed E-state index contributed by atoms with van der Waals surface area (Å²) in [4.78, 5) is 18.9. The molecule has 1 amide bonds. The van der Waals surface area contributed by atoms with Crippen LogP contribution in [0.25, 0.3) is 0 Å². The lowest BCUT2D eigenvalue weighted by atomic mass is 10.2. The Balaban J connectivity index is 1.73. The second-order valence-electron chi connectivity index (χ2n) is 6.22. The molecule has 6 heteroatoms. The maximum atomic E-state index is 12.8. The highest BCUT2D eigenvalue weighted by Crippen LogP contribution is 2.11. The van der Waals surface area contributed by atoms with Gasteiger partial charge in [-0.1, -0.05) is 6.92 Å². The molecular formula is C18H28FN3O2. The second kappa shape index (κ2) is 8.99. The largest absolute Gasteiger partial charge is 0.492 e. The Bertz CT molecular complexity index is 516. The van der Waals surface area contributed by atoms with E-state index in [9.17, 15) is 9.18 Å². The van der Waals surface area contributed by atoms with Crippen molar-refractivity contribution in [2.24, 2.45) is 0 Å². The van der Waals surface area contributed by atoms with Crippen molar-refractivity contribution in [2.75, 3.05) is 52.9 Å². The molecule has 0 N–H and O–H groups in total. The zero-order valence-electron chi connectivity index (χ0n) is 14.9. The van der Waals surface area contributed by atoms with Crippen molar-refractivity contribution in [1.29, 1.82) is 0 Å². The first kappa shape index (κ1) is 18.7. The van der Waals surface area contributed by atoms with Crippen molar-refractivity contribution in [2.45, 2.75) is 19.9 Å². The lowest BCUT2D eigenvalue weighted by Gasteiger charge is -2.37. The van der Waals surface area contributed by atoms with E-state index in [4.69, 9.17) is 4.74 Å². The summed E-state index contributed by atoms with van der Waals surface area (Å²) in [6.45, 7) is 9.73. The summed E-state index contributed by atoms with van der Waals surface area (Å²) >= 11 is 0. The van der Waals surface area contributed by atoms with Crippen molar-refractivity contribution < 1.29 is 13.9 Å². The smallest absolute Gasteiger partial charge is 0.239 e. The van der Waals surface area contributed by atoms with Gasteiger partial charge in [0.2, 0.25) is 5.91 Å². The van der Waals surface area contributed by atoms with Crippen molar-refractivity contribution in [1.82, 2.24) is 14.7 Å². The molecular weight excluding hydrogens is 309 g/mol. The van der Waals surface area contributed by atoms with Crippen LogP contribution in [0.15, 0.2) is 24.3 Å². The van der Waals surface area contributed by atoms with Gasteiger partial charge in [0.25, 0.3) is 0 Å². The molecule has 1 aromatic carbocycles. The summed E-state index contributed by atoms with van der Waals surface area (Å²) in [5.41, 5.74) is 0. The van der Waals surface area contributed by atoms with Gasteiger partial charge in [0, 0.05) is 32.7 Å². The number of hydrogen-bond acceptors (Lipinski definition) is 4. The summed E-state index contributed by atoms with van der Waals surface area (Å²) in [7, 11) is 1.93. The first-order valence-corrected chi connectivity index (χ1v) is 8.61. The van der Waals surface area contributed by atoms with E-state index in [0.717, 1.165) is 32.7 Å². The Labute approximate surface area is 144 Å². The molecule has 0 aromatic heterocycles. The third kappa shape index (κ3) is 5.18. The number of ether oxygens (including phenoxy) is 1. The van der Waals surface area contributed by atoms with Gasteiger partial charge in [0.05, 0.1) is 6.04 Å². The molecule has 1 saturated heterocycles. The summed E-state index contributed by atoms with van der Waals surface area (Å²) in [5.74, 6) is 0.538. The van der Waals surface area contributed by atoms with Gasteiger partial charge in [-0.2, -0.15) is 0 Å². The minimum absolute atomic E-state index is 0.171. The quantitative estimate of drug-likeness (QED) is 0.759. The molecule has 2 rings (SSSR count). The number of hydrogen-bond donors (Lipinski definition) is 0. The predicted molar refractivity (Wildman–Crippen MR) is 92.7 cm³/mol. The zero-order chi connectivity index (χ0) is 17.5. The van der Waals surface area contributed by atoms with Crippen molar-refractivity contribution >= 4 is 5.91 Å². The molecule has 0 aliphatic carbocycles. The molecule has 1 atom stereocenters. The highest BCUT2D eigenvalue weighted by molar-refractivity contribution is 5.81. The lowest BCUT2D eigenvalue weighted by molar-refractivity contribution is -0.137. The van der Waals surface area contributed by atoms with Crippen LogP contribution in [0.1, 0.15) is 13.8 Å². The van der Waals surface area contributed by atoms with Gasteiger partial charge in [-0.15, -0.1) is 0 Å². The lowest BCUT2D eigenvalue weighted by Crippen LogP contribution is -2.53. The van der Waals surface area contributed by atoms with Gasteiger partial charge in [0.15, 0.2) is 0 Å². The maximum absolute atomic E-state index is 12.8. The monoisotopic (exact) mass is 337 g/mol. The summed E-state index contributed by atoms with van der Waals surface area (Å²) in [5, 5.41) is 0. The number of carbonyl (C=O) groups excluding carboxylic acids is 1. The zero-order valence-corrected chi connectivity index (χ0v) is 14.9. The van der Waals surface area contributed by atoms with E-state index in [1.807, 2.05) is 23.8 Å². The standard InChI is InChI=1S/C18H28FN3O2/c1-4-21-9-11-22(12-10-21)18(23)15(2)20(3)13-14-24-17-7-5-16(19)6-8-17/h5-8,15H,4,9-14H2,1-3H3. The third-order valence-corrected chi connectivity index (χ3v) is 4.68. The number of nitrogens with zero attached hydrogens (tertiary/aromatic N) is 3. The average Bonchev–Trinajstić information content (AvgIpc) is 2.62. The van der Waals surface area contributed by atoms with E-state index in [-0.39, 0.29) is 17.8 Å². The minimum atomic E-state index is -0.276. The van der Waals surface area contributed by atoms with Crippen LogP contribution < -0.4 is 4.74 Å². The number of halogens is 1. The van der Waals surface area contributed by atoms with Crippen molar-refractivity contribution in [3.05, 3.63) is 30.1 Å². The minimum Gasteiger partial charge on any atom is -0.492 e. The summed E-state index contributed by atoms with van der Waals surface area (Å²) in [6.07, 6.45) is 0. The molecule has 0 bridgehead atoms. The van der Waals surface area contributed by atoms with Crippen LogP contribution in [-0.4, -0.2) is 79.6 Å². The molecule has 1 heterocycles. The molecule has 5 nitrogen and oxygen atoms in total. The maximum Gasteiger partial charge on any atom is 0.239 e. The normalized spacial score (nSPS) is 17.1. The first-order valence-electron chi connectivity index (χ1n) is 8.61. The summed E-state index contributed by atoms with van der Waals surface area (Å²) in [6, 6.07) is 5.80. The van der Waals surface area contributed by atoms with E-state index in [1.165, 1.54) is 12.1 Å². The molecule has 0 saturated carbocycles. The Morgan fingerprint density at radius 3 is 2.46 bits per heavy atom. The fourth-order valence-electron chi connectivity index (χ4n) is 2.77. The van der Waals surface area contributed by atoms with Crippen molar-refractivity contribution in [3.8, 4) is 5.75 Å². The Morgan fingerprint density at radius 1 is 1.25 bits per heavy atom. The van der Waals surface area contributed by atoms with Crippen LogP contribution in [0.5, 0.6) is 5.75 Å². The van der Waals surface area contributed by atoms with Gasteiger partial charge < -0.3 is 14.5 Å². The van der Waals surface area contributed by atoms with Crippen LogP contribution in [0.2, 0.25) is 0 Å². The Morgan fingerprint density at radius 2 is 1.88 bits per heavy atom. The SMILES string of the molecule is CCN1CCN(C(=O)C(C)N(C)CCOc2ccc(F)cc2)CC1. The molecule has 1 aliphatic rings. The Kier molecular flexibility index (Phi) is 6.99. The first-order chi connectivity index (χ1) is 11.5. The number of amides is 1. The molecule has 1 aliphatic heterocycles. The average molecular weight is 337 g/mol. The number of benzene rings is 1. The fourth-order valence-corrected chi connectivity index (χ4v) is 2.77. The highest BCUT2D eigenvalue weighted by atomic mass is 19.1. The Hall–Kier alpha value is -1.66. The highest BCUT2D eigenvalue weighted by Gasteiger charge is 2.26. The number of rotatable bonds is 7.